The number of nitrogens with zero attached hydrogens (tertiary/aromatic N) is 2. The Bertz CT molecular complexity index is 1790. The Morgan fingerprint density at radius 1 is 0.844 bits per heavy atom. The largest absolute Gasteiger partial charge is 0.508 e. The van der Waals surface area contributed by atoms with E-state index in [1.165, 1.54) is 36.3 Å². The molecule has 4 amide bonds. The topological polar surface area (TPSA) is 145 Å². The molecule has 2 aliphatic heterocycles. The molecule has 3 fully saturated rings. The summed E-state index contributed by atoms with van der Waals surface area (Å²) in [4.78, 5) is 59.1. The standard InChI is InChI=1S/C34H31BN2O8/c1-34-26(31(40)37(33(34)42)19-8-4-3-5-9-19)17-25-22(29(34)23-12-11-21(38)16-27(23)45-2)13-14-24-28(25)32(41)36(30(24)39)20-10-6-7-18(15-20)35(43)44/h3-13,15-16,24-26,28-29,38,43-44H,14,17H2,1-2H3. The number of ether oxygens (including phenoxy) is 1. The summed E-state index contributed by atoms with van der Waals surface area (Å²) in [7, 11) is -0.306. The molecular weight excluding hydrogens is 575 g/mol. The van der Waals surface area contributed by atoms with E-state index in [4.69, 9.17) is 4.74 Å². The van der Waals surface area contributed by atoms with E-state index < -0.39 is 53.9 Å². The van der Waals surface area contributed by atoms with E-state index >= 15 is 0 Å². The molecule has 11 heteroatoms. The molecule has 0 bridgehead atoms. The van der Waals surface area contributed by atoms with Gasteiger partial charge in [-0.05, 0) is 61.5 Å². The van der Waals surface area contributed by atoms with Crippen LogP contribution in [-0.2, 0) is 19.2 Å². The van der Waals surface area contributed by atoms with Crippen LogP contribution >= 0.6 is 0 Å². The van der Waals surface area contributed by atoms with Crippen molar-refractivity contribution in [3.8, 4) is 11.5 Å². The van der Waals surface area contributed by atoms with Gasteiger partial charge in [-0.1, -0.05) is 48.0 Å². The average Bonchev–Trinajstić information content (AvgIpc) is 3.41. The fraction of sp³-hybridized carbons (Fsp3) is 0.294. The molecule has 3 aromatic rings. The lowest BCUT2D eigenvalue weighted by molar-refractivity contribution is -0.131. The van der Waals surface area contributed by atoms with Crippen molar-refractivity contribution in [2.75, 3.05) is 16.9 Å². The fourth-order valence-electron chi connectivity index (χ4n) is 8.20. The van der Waals surface area contributed by atoms with Crippen LogP contribution in [0.5, 0.6) is 11.5 Å². The zero-order chi connectivity index (χ0) is 31.8. The molecule has 10 nitrogen and oxygen atoms in total. The summed E-state index contributed by atoms with van der Waals surface area (Å²) in [6.07, 6.45) is 2.38. The average molecular weight is 606 g/mol. The third-order valence-electron chi connectivity index (χ3n) is 10.2. The second-order valence-electron chi connectivity index (χ2n) is 12.4. The minimum atomic E-state index is -1.77. The van der Waals surface area contributed by atoms with E-state index in [1.54, 1.807) is 55.5 Å². The minimum absolute atomic E-state index is 0.0236. The second-order valence-corrected chi connectivity index (χ2v) is 12.4. The number of allylic oxidation sites excluding steroid dienone is 2. The van der Waals surface area contributed by atoms with Crippen LogP contribution in [0.15, 0.2) is 84.4 Å². The van der Waals surface area contributed by atoms with Gasteiger partial charge in [0, 0.05) is 17.5 Å². The highest BCUT2D eigenvalue weighted by molar-refractivity contribution is 6.58. The number of hydrogen-bond donors (Lipinski definition) is 3. The molecule has 3 N–H and O–H groups in total. The van der Waals surface area contributed by atoms with Crippen LogP contribution in [0, 0.1) is 29.1 Å². The Kier molecular flexibility index (Phi) is 6.72. The van der Waals surface area contributed by atoms with Crippen molar-refractivity contribution in [1.82, 2.24) is 0 Å². The lowest BCUT2D eigenvalue weighted by atomic mass is 9.51. The number of carbonyl (C=O) groups excluding carboxylic acids is 4. The molecule has 45 heavy (non-hydrogen) atoms. The van der Waals surface area contributed by atoms with Crippen LogP contribution in [0.3, 0.4) is 0 Å². The summed E-state index contributed by atoms with van der Waals surface area (Å²) in [5, 5.41) is 29.7. The lowest BCUT2D eigenvalue weighted by Gasteiger charge is -2.49. The molecule has 2 heterocycles. The van der Waals surface area contributed by atoms with Crippen molar-refractivity contribution in [2.45, 2.75) is 25.7 Å². The molecule has 0 aromatic heterocycles. The van der Waals surface area contributed by atoms with Gasteiger partial charge in [0.25, 0.3) is 0 Å². The van der Waals surface area contributed by atoms with Gasteiger partial charge in [-0.2, -0.15) is 0 Å². The third kappa shape index (κ3) is 4.10. The Morgan fingerprint density at radius 2 is 1.58 bits per heavy atom. The van der Waals surface area contributed by atoms with Crippen molar-refractivity contribution in [1.29, 1.82) is 0 Å². The Labute approximate surface area is 259 Å². The number of rotatable bonds is 5. The maximum atomic E-state index is 14.5. The normalized spacial score (nSPS) is 28.9. The first-order valence-electron chi connectivity index (χ1n) is 14.9. The highest BCUT2D eigenvalue weighted by atomic mass is 16.5. The number of anilines is 2. The smallest absolute Gasteiger partial charge is 0.488 e. The van der Waals surface area contributed by atoms with E-state index in [9.17, 15) is 34.3 Å². The summed E-state index contributed by atoms with van der Waals surface area (Å²) < 4.78 is 5.69. The molecule has 228 valence electrons. The first-order chi connectivity index (χ1) is 21.6. The van der Waals surface area contributed by atoms with Crippen LogP contribution in [0.1, 0.15) is 31.2 Å². The Hall–Kier alpha value is -4.74. The number of para-hydroxylation sites is 1. The predicted octanol–water partition coefficient (Wildman–Crippen LogP) is 2.52. The van der Waals surface area contributed by atoms with Gasteiger partial charge in [0.1, 0.15) is 11.5 Å². The quantitative estimate of drug-likeness (QED) is 0.228. The first kappa shape index (κ1) is 29.0. The second kappa shape index (κ2) is 10.4. The summed E-state index contributed by atoms with van der Waals surface area (Å²) in [6.45, 7) is 1.79. The highest BCUT2D eigenvalue weighted by Crippen LogP contribution is 2.64. The molecule has 0 radical (unpaired) electrons. The van der Waals surface area contributed by atoms with Gasteiger partial charge in [-0.3, -0.25) is 24.1 Å². The number of amides is 4. The van der Waals surface area contributed by atoms with Crippen LogP contribution in [-0.4, -0.2) is 53.0 Å². The van der Waals surface area contributed by atoms with E-state index in [1.807, 2.05) is 6.08 Å². The van der Waals surface area contributed by atoms with Crippen molar-refractivity contribution >= 4 is 47.6 Å². The van der Waals surface area contributed by atoms with Crippen molar-refractivity contribution in [3.63, 3.8) is 0 Å². The van der Waals surface area contributed by atoms with Crippen LogP contribution in [0.4, 0.5) is 11.4 Å². The molecule has 6 unspecified atom stereocenters. The van der Waals surface area contributed by atoms with Gasteiger partial charge in [0.05, 0.1) is 41.7 Å². The molecule has 4 aliphatic rings. The SMILES string of the molecule is COc1cc(O)ccc1C1C2=CCC3C(=O)N(c4cccc(B(O)O)c4)C(=O)C3C2CC2C(=O)N(c3ccccc3)C(=O)C21C. The molecule has 2 saturated heterocycles. The number of carbonyl (C=O) groups is 4. The molecule has 7 rings (SSSR count). The first-order valence-corrected chi connectivity index (χ1v) is 14.9. The number of benzene rings is 3. The Balaban J connectivity index is 1.37. The molecular formula is C34H31BN2O8. The number of fused-ring (bicyclic) bond motifs is 4. The van der Waals surface area contributed by atoms with Gasteiger partial charge < -0.3 is 19.9 Å². The number of phenolic OH excluding ortho intramolecular Hbond substituents is 1. The van der Waals surface area contributed by atoms with Crippen LogP contribution in [0.25, 0.3) is 0 Å². The van der Waals surface area contributed by atoms with E-state index in [0.29, 0.717) is 17.0 Å². The Morgan fingerprint density at radius 3 is 2.29 bits per heavy atom. The van der Waals surface area contributed by atoms with Crippen molar-refractivity contribution in [3.05, 3.63) is 90.0 Å². The number of hydrogen-bond acceptors (Lipinski definition) is 8. The monoisotopic (exact) mass is 606 g/mol. The van der Waals surface area contributed by atoms with Gasteiger partial charge in [-0.15, -0.1) is 0 Å². The van der Waals surface area contributed by atoms with Crippen LogP contribution < -0.4 is 20.0 Å². The maximum Gasteiger partial charge on any atom is 0.488 e. The zero-order valence-electron chi connectivity index (χ0n) is 24.7. The molecule has 1 saturated carbocycles. The number of phenols is 1. The van der Waals surface area contributed by atoms with Gasteiger partial charge in [0.2, 0.25) is 23.6 Å². The number of aromatic hydroxyl groups is 1. The van der Waals surface area contributed by atoms with Gasteiger partial charge >= 0.3 is 7.12 Å². The van der Waals surface area contributed by atoms with E-state index in [-0.39, 0.29) is 41.6 Å². The number of imide groups is 2. The van der Waals surface area contributed by atoms with Gasteiger partial charge in [-0.25, -0.2) is 4.90 Å². The van der Waals surface area contributed by atoms with Gasteiger partial charge in [0.15, 0.2) is 0 Å². The molecule has 6 atom stereocenters. The van der Waals surface area contributed by atoms with E-state index in [0.717, 1.165) is 10.5 Å². The summed E-state index contributed by atoms with van der Waals surface area (Å²) >= 11 is 0. The molecule has 0 spiro atoms. The zero-order valence-corrected chi connectivity index (χ0v) is 24.7. The number of methoxy groups -OCH3 is 1. The molecule has 3 aromatic carbocycles. The summed E-state index contributed by atoms with van der Waals surface area (Å²) in [5.41, 5.74) is 0.989. The van der Waals surface area contributed by atoms with Crippen LogP contribution in [0.2, 0.25) is 0 Å². The predicted molar refractivity (Wildman–Crippen MR) is 164 cm³/mol. The summed E-state index contributed by atoms with van der Waals surface area (Å²) in [6, 6.07) is 19.4. The van der Waals surface area contributed by atoms with E-state index in [2.05, 4.69) is 0 Å². The minimum Gasteiger partial charge on any atom is -0.508 e. The summed E-state index contributed by atoms with van der Waals surface area (Å²) in [5.74, 6) is -4.73. The highest BCUT2D eigenvalue weighted by Gasteiger charge is 2.68. The van der Waals surface area contributed by atoms with Crippen molar-refractivity contribution in [2.24, 2.45) is 29.1 Å². The molecule has 2 aliphatic carbocycles. The lowest BCUT2D eigenvalue weighted by Crippen LogP contribution is -2.49. The third-order valence-corrected chi connectivity index (χ3v) is 10.2. The maximum absolute atomic E-state index is 14.5. The fourth-order valence-corrected chi connectivity index (χ4v) is 8.20. The van der Waals surface area contributed by atoms with Crippen molar-refractivity contribution < 1.29 is 39.1 Å².